The molecule has 0 saturated carbocycles. The van der Waals surface area contributed by atoms with Crippen LogP contribution in [0, 0.1) is 13.8 Å². The van der Waals surface area contributed by atoms with Crippen molar-refractivity contribution in [3.8, 4) is 0 Å². The monoisotopic (exact) mass is 314 g/mol. The molecule has 6 heteroatoms. The minimum absolute atomic E-state index is 0. The second-order valence-corrected chi connectivity index (χ2v) is 5.39. The van der Waals surface area contributed by atoms with Crippen molar-refractivity contribution in [2.24, 2.45) is 12.0 Å². The Kier molecular flexibility index (Phi) is 5.79. The van der Waals surface area contributed by atoms with E-state index >= 15 is 0 Å². The van der Waals surface area contributed by atoms with Crippen LogP contribution in [-0.4, -0.2) is 37.2 Å². The van der Waals surface area contributed by atoms with Crippen molar-refractivity contribution >= 4 is 16.9 Å². The van der Waals surface area contributed by atoms with Crippen molar-refractivity contribution in [3.05, 3.63) is 42.0 Å². The van der Waals surface area contributed by atoms with Crippen LogP contribution in [0.4, 0.5) is 0 Å². The summed E-state index contributed by atoms with van der Waals surface area (Å²) in [5, 5.41) is 0. The molecule has 0 fully saturated rings. The maximum atomic E-state index is 4.35. The fourth-order valence-electron chi connectivity index (χ4n) is 2.04. The lowest BCUT2D eigenvalue weighted by atomic mass is 10.2. The molecule has 0 atom stereocenters. The summed E-state index contributed by atoms with van der Waals surface area (Å²) in [7, 11) is 3.90. The standard InChI is InChI=1S/C8H10N4.C8H12N2.CH4/c1-5-7-8(10-4-9-5)12(3)6(2)11-7;1-6-5-10(4)8(3)9-7(6)2;/h4H,1-3H3;5H,3H2,1-2,4H3;1H4. The summed E-state index contributed by atoms with van der Waals surface area (Å²) in [4.78, 5) is 18.7. The second kappa shape index (κ2) is 7.17. The van der Waals surface area contributed by atoms with Gasteiger partial charge in [0.25, 0.3) is 0 Å². The maximum Gasteiger partial charge on any atom is 0.163 e. The molecule has 0 amide bonds. The first kappa shape index (κ1) is 18.5. The van der Waals surface area contributed by atoms with E-state index in [-0.39, 0.29) is 7.43 Å². The van der Waals surface area contributed by atoms with E-state index in [9.17, 15) is 0 Å². The average molecular weight is 314 g/mol. The van der Waals surface area contributed by atoms with Crippen LogP contribution >= 0.6 is 0 Å². The van der Waals surface area contributed by atoms with E-state index < -0.39 is 0 Å². The molecule has 23 heavy (non-hydrogen) atoms. The molecular formula is C17H26N6. The number of hydrogen-bond acceptors (Lipinski definition) is 5. The van der Waals surface area contributed by atoms with E-state index in [0.29, 0.717) is 0 Å². The molecule has 0 saturated heterocycles. The largest absolute Gasteiger partial charge is 0.336 e. The third kappa shape index (κ3) is 3.83. The van der Waals surface area contributed by atoms with Crippen molar-refractivity contribution in [2.75, 3.05) is 7.05 Å². The van der Waals surface area contributed by atoms with Gasteiger partial charge in [-0.15, -0.1) is 0 Å². The normalized spacial score (nSPS) is 13.8. The smallest absolute Gasteiger partial charge is 0.163 e. The Morgan fingerprint density at radius 2 is 1.70 bits per heavy atom. The Hall–Kier alpha value is -2.50. The molecule has 124 valence electrons. The molecule has 6 nitrogen and oxygen atoms in total. The number of nitrogens with zero attached hydrogens (tertiary/aromatic N) is 6. The van der Waals surface area contributed by atoms with E-state index in [2.05, 4.69) is 26.5 Å². The zero-order valence-electron chi connectivity index (χ0n) is 14.0. The summed E-state index contributed by atoms with van der Waals surface area (Å²) < 4.78 is 1.96. The third-order valence-corrected chi connectivity index (χ3v) is 3.72. The van der Waals surface area contributed by atoms with Gasteiger partial charge in [-0.1, -0.05) is 14.0 Å². The molecule has 2 aromatic rings. The summed E-state index contributed by atoms with van der Waals surface area (Å²) in [6.45, 7) is 11.7. The molecule has 0 radical (unpaired) electrons. The number of hydrogen-bond donors (Lipinski definition) is 0. The highest BCUT2D eigenvalue weighted by molar-refractivity contribution is 5.98. The highest BCUT2D eigenvalue weighted by Gasteiger charge is 2.07. The van der Waals surface area contributed by atoms with Gasteiger partial charge in [0.1, 0.15) is 23.5 Å². The van der Waals surface area contributed by atoms with E-state index in [4.69, 9.17) is 0 Å². The summed E-state index contributed by atoms with van der Waals surface area (Å²) in [6, 6.07) is 0. The Morgan fingerprint density at radius 1 is 1.04 bits per heavy atom. The highest BCUT2D eigenvalue weighted by Crippen LogP contribution is 2.13. The van der Waals surface area contributed by atoms with Crippen molar-refractivity contribution in [1.82, 2.24) is 24.4 Å². The number of imidazole rings is 1. The number of aliphatic imine (C=N–C) groups is 1. The molecule has 0 N–H and O–H groups in total. The summed E-state index contributed by atoms with van der Waals surface area (Å²) in [5.41, 5.74) is 5.00. The Labute approximate surface area is 138 Å². The molecule has 3 heterocycles. The summed E-state index contributed by atoms with van der Waals surface area (Å²) in [5.74, 6) is 1.77. The molecule has 0 aromatic carbocycles. The molecule has 1 aliphatic heterocycles. The molecule has 0 aliphatic carbocycles. The van der Waals surface area contributed by atoms with Crippen molar-refractivity contribution < 1.29 is 0 Å². The molecule has 2 aromatic heterocycles. The van der Waals surface area contributed by atoms with Gasteiger partial charge >= 0.3 is 0 Å². The van der Waals surface area contributed by atoms with E-state index in [1.165, 1.54) is 5.57 Å². The molecule has 0 unspecified atom stereocenters. The van der Waals surface area contributed by atoms with Crippen LogP contribution in [0.1, 0.15) is 32.8 Å². The van der Waals surface area contributed by atoms with Gasteiger partial charge in [0.2, 0.25) is 0 Å². The number of fused-ring (bicyclic) bond motifs is 1. The van der Waals surface area contributed by atoms with E-state index in [1.54, 1.807) is 6.33 Å². The minimum Gasteiger partial charge on any atom is -0.336 e. The average Bonchev–Trinajstić information content (AvgIpc) is 2.75. The first-order valence-corrected chi connectivity index (χ1v) is 7.07. The Morgan fingerprint density at radius 3 is 2.26 bits per heavy atom. The van der Waals surface area contributed by atoms with Gasteiger partial charge in [-0.25, -0.2) is 19.9 Å². The quantitative estimate of drug-likeness (QED) is 0.748. The van der Waals surface area contributed by atoms with Crippen LogP contribution in [-0.2, 0) is 7.05 Å². The Balaban J connectivity index is 0.000000224. The van der Waals surface area contributed by atoms with Gasteiger partial charge in [0.15, 0.2) is 5.65 Å². The number of rotatable bonds is 0. The number of aryl methyl sites for hydroxylation is 3. The van der Waals surface area contributed by atoms with Crippen molar-refractivity contribution in [3.63, 3.8) is 0 Å². The molecule has 0 spiro atoms. The fourth-order valence-corrected chi connectivity index (χ4v) is 2.04. The Bertz CT molecular complexity index is 782. The number of aromatic nitrogens is 4. The summed E-state index contributed by atoms with van der Waals surface area (Å²) in [6.07, 6.45) is 3.60. The van der Waals surface area contributed by atoms with Crippen molar-refractivity contribution in [1.29, 1.82) is 0 Å². The van der Waals surface area contributed by atoms with Gasteiger partial charge in [-0.2, -0.15) is 0 Å². The van der Waals surface area contributed by atoms with Gasteiger partial charge in [-0.3, -0.25) is 0 Å². The van der Waals surface area contributed by atoms with Crippen LogP contribution < -0.4 is 0 Å². The van der Waals surface area contributed by atoms with Crippen LogP contribution in [0.2, 0.25) is 0 Å². The second-order valence-electron chi connectivity index (χ2n) is 5.39. The van der Waals surface area contributed by atoms with Crippen molar-refractivity contribution in [2.45, 2.75) is 35.1 Å². The van der Waals surface area contributed by atoms with Crippen LogP contribution in [0.15, 0.2) is 35.5 Å². The zero-order valence-corrected chi connectivity index (χ0v) is 14.0. The predicted octanol–water partition coefficient (Wildman–Crippen LogP) is 3.38. The lowest BCUT2D eigenvalue weighted by Crippen LogP contribution is -2.15. The third-order valence-electron chi connectivity index (χ3n) is 3.72. The predicted molar refractivity (Wildman–Crippen MR) is 96.3 cm³/mol. The lowest BCUT2D eigenvalue weighted by Gasteiger charge is -2.20. The minimum atomic E-state index is 0. The van der Waals surface area contributed by atoms with Gasteiger partial charge in [0.05, 0.1) is 5.69 Å². The highest BCUT2D eigenvalue weighted by atomic mass is 15.2. The topological polar surface area (TPSA) is 59.2 Å². The van der Waals surface area contributed by atoms with Gasteiger partial charge in [0, 0.05) is 26.0 Å². The van der Waals surface area contributed by atoms with Gasteiger partial charge in [-0.05, 0) is 33.3 Å². The first-order chi connectivity index (χ1) is 10.3. The molecule has 3 rings (SSSR count). The van der Waals surface area contributed by atoms with Crippen LogP contribution in [0.5, 0.6) is 0 Å². The van der Waals surface area contributed by atoms with Crippen LogP contribution in [0.25, 0.3) is 11.2 Å². The molecule has 1 aliphatic rings. The summed E-state index contributed by atoms with van der Waals surface area (Å²) >= 11 is 0. The SMILES string of the molecule is C.C=C1N=C(C)C(C)=CN1C.Cc1ncnc2c1nc(C)n2C. The lowest BCUT2D eigenvalue weighted by molar-refractivity contribution is 0.555. The number of allylic oxidation sites excluding steroid dienone is 1. The fraction of sp³-hybridized carbons (Fsp3) is 0.412. The molecule has 0 bridgehead atoms. The van der Waals surface area contributed by atoms with E-state index in [0.717, 1.165) is 34.2 Å². The van der Waals surface area contributed by atoms with Crippen LogP contribution in [0.3, 0.4) is 0 Å². The maximum absolute atomic E-state index is 4.35. The van der Waals surface area contributed by atoms with E-state index in [1.807, 2.05) is 57.5 Å². The van der Waals surface area contributed by atoms with Gasteiger partial charge < -0.3 is 9.47 Å². The first-order valence-electron chi connectivity index (χ1n) is 7.07. The molecular weight excluding hydrogens is 288 g/mol. The zero-order chi connectivity index (χ0) is 16.4.